The van der Waals surface area contributed by atoms with Gasteiger partial charge in [0.2, 0.25) is 5.91 Å². The van der Waals surface area contributed by atoms with Gasteiger partial charge in [-0.05, 0) is 80.2 Å². The van der Waals surface area contributed by atoms with Crippen molar-refractivity contribution in [1.29, 1.82) is 0 Å². The number of thiocarbonyl (C=S) groups is 1. The number of carbonyl (C=O) groups is 1. The number of aryl methyl sites for hydroxylation is 1. The van der Waals surface area contributed by atoms with Crippen LogP contribution in [-0.4, -0.2) is 32.0 Å². The van der Waals surface area contributed by atoms with E-state index in [4.69, 9.17) is 35.4 Å². The van der Waals surface area contributed by atoms with Crippen molar-refractivity contribution in [1.82, 2.24) is 19.8 Å². The molecule has 1 fully saturated rings. The number of nitrogens with zero attached hydrogens (tertiary/aromatic N) is 3. The molecule has 2 aromatic heterocycles. The molecule has 39 heavy (non-hydrogen) atoms. The van der Waals surface area contributed by atoms with Gasteiger partial charge in [-0.25, -0.2) is 4.39 Å². The van der Waals surface area contributed by atoms with Crippen molar-refractivity contribution in [3.05, 3.63) is 111 Å². The largest absolute Gasteiger partial charge is 0.352 e. The molecule has 10 heteroatoms. The summed E-state index contributed by atoms with van der Waals surface area (Å²) in [6.07, 6.45) is 1.86. The van der Waals surface area contributed by atoms with Gasteiger partial charge in [0.1, 0.15) is 5.82 Å². The van der Waals surface area contributed by atoms with E-state index in [9.17, 15) is 9.18 Å². The van der Waals surface area contributed by atoms with Crippen LogP contribution in [0.1, 0.15) is 41.1 Å². The van der Waals surface area contributed by atoms with E-state index in [2.05, 4.69) is 26.3 Å². The standard InChI is InChI=1S/C29H26Cl2FN5OS/c1-17-15-20(18(2)37(17)25-11-10-19(30)16-21(25)31)28-27(24-9-5-6-13-33-24)35-29(39)36(28)14-12-26(38)34-23-8-4-3-7-22(23)32/h3-11,13,15-16,27-28H,12,14H2,1-2H3,(H,34,38)(H,35,39)/t27-,28+/m0/s1. The van der Waals surface area contributed by atoms with E-state index < -0.39 is 5.82 Å². The second-order valence-corrected chi connectivity index (χ2v) is 10.6. The molecule has 2 atom stereocenters. The Balaban J connectivity index is 1.49. The molecule has 1 aliphatic rings. The van der Waals surface area contributed by atoms with E-state index in [1.54, 1.807) is 24.4 Å². The fraction of sp³-hybridized carbons (Fsp3) is 0.207. The number of amides is 1. The molecule has 0 aliphatic carbocycles. The third-order valence-corrected chi connectivity index (χ3v) is 7.76. The van der Waals surface area contributed by atoms with Crippen LogP contribution in [0.4, 0.5) is 10.1 Å². The SMILES string of the molecule is Cc1cc([C@@H]2[C@H](c3ccccn3)NC(=S)N2CCC(=O)Nc2ccccc2F)c(C)n1-c1ccc(Cl)cc1Cl. The minimum absolute atomic E-state index is 0.114. The topological polar surface area (TPSA) is 62.2 Å². The Morgan fingerprint density at radius 3 is 2.59 bits per heavy atom. The van der Waals surface area contributed by atoms with E-state index in [1.165, 1.54) is 12.1 Å². The third kappa shape index (κ3) is 5.50. The molecule has 3 heterocycles. The Kier molecular flexibility index (Phi) is 7.88. The zero-order valence-corrected chi connectivity index (χ0v) is 23.6. The van der Waals surface area contributed by atoms with Crippen LogP contribution in [-0.2, 0) is 4.79 Å². The molecule has 1 aliphatic heterocycles. The number of benzene rings is 2. The van der Waals surface area contributed by atoms with Crippen molar-refractivity contribution >= 4 is 52.1 Å². The number of hydrogen-bond donors (Lipinski definition) is 2. The van der Waals surface area contributed by atoms with Gasteiger partial charge in [0.25, 0.3) is 0 Å². The minimum atomic E-state index is -0.481. The lowest BCUT2D eigenvalue weighted by molar-refractivity contribution is -0.116. The van der Waals surface area contributed by atoms with Gasteiger partial charge >= 0.3 is 0 Å². The molecule has 1 saturated heterocycles. The van der Waals surface area contributed by atoms with E-state index in [1.807, 2.05) is 49.1 Å². The molecule has 2 aromatic carbocycles. The van der Waals surface area contributed by atoms with Crippen molar-refractivity contribution in [3.63, 3.8) is 0 Å². The maximum absolute atomic E-state index is 14.1. The normalized spacial score (nSPS) is 16.8. The highest BCUT2D eigenvalue weighted by atomic mass is 35.5. The zero-order chi connectivity index (χ0) is 27.7. The molecule has 200 valence electrons. The second kappa shape index (κ2) is 11.3. The van der Waals surface area contributed by atoms with E-state index >= 15 is 0 Å². The van der Waals surface area contributed by atoms with Gasteiger partial charge in [-0.2, -0.15) is 0 Å². The summed E-state index contributed by atoms with van der Waals surface area (Å²) in [5.41, 5.74) is 4.79. The van der Waals surface area contributed by atoms with Crippen molar-refractivity contribution in [3.8, 4) is 5.69 Å². The number of aromatic nitrogens is 2. The monoisotopic (exact) mass is 581 g/mol. The van der Waals surface area contributed by atoms with Crippen LogP contribution in [0.15, 0.2) is 72.9 Å². The number of halogens is 3. The Hall–Kier alpha value is -3.46. The van der Waals surface area contributed by atoms with Gasteiger partial charge in [-0.15, -0.1) is 0 Å². The lowest BCUT2D eigenvalue weighted by Gasteiger charge is -2.28. The molecule has 0 bridgehead atoms. The minimum Gasteiger partial charge on any atom is -0.352 e. The van der Waals surface area contributed by atoms with Gasteiger partial charge in [-0.3, -0.25) is 9.78 Å². The van der Waals surface area contributed by atoms with Gasteiger partial charge in [0.15, 0.2) is 5.11 Å². The van der Waals surface area contributed by atoms with Crippen LogP contribution in [0.25, 0.3) is 5.69 Å². The quantitative estimate of drug-likeness (QED) is 0.231. The number of anilines is 1. The highest BCUT2D eigenvalue weighted by Crippen LogP contribution is 2.42. The summed E-state index contributed by atoms with van der Waals surface area (Å²) in [5, 5.41) is 7.69. The van der Waals surface area contributed by atoms with Crippen LogP contribution in [0, 0.1) is 19.7 Å². The summed E-state index contributed by atoms with van der Waals surface area (Å²) >= 11 is 18.5. The number of hydrogen-bond acceptors (Lipinski definition) is 3. The molecule has 1 amide bonds. The summed E-state index contributed by atoms with van der Waals surface area (Å²) in [7, 11) is 0. The number of pyridine rings is 1. The molecular formula is C29H26Cl2FN5OS. The van der Waals surface area contributed by atoms with Crippen LogP contribution in [0.3, 0.4) is 0 Å². The first-order valence-corrected chi connectivity index (χ1v) is 13.6. The average Bonchev–Trinajstić information content (AvgIpc) is 3.39. The van der Waals surface area contributed by atoms with Crippen LogP contribution < -0.4 is 10.6 Å². The van der Waals surface area contributed by atoms with Gasteiger partial charge in [0.05, 0.1) is 34.2 Å². The van der Waals surface area contributed by atoms with Gasteiger partial charge in [0, 0.05) is 35.6 Å². The molecule has 0 radical (unpaired) electrons. The predicted molar refractivity (Wildman–Crippen MR) is 157 cm³/mol. The van der Waals surface area contributed by atoms with Crippen molar-refractivity contribution < 1.29 is 9.18 Å². The third-order valence-electron chi connectivity index (χ3n) is 6.87. The molecule has 2 N–H and O–H groups in total. The Morgan fingerprint density at radius 1 is 1.10 bits per heavy atom. The van der Waals surface area contributed by atoms with Crippen molar-refractivity contribution in [2.45, 2.75) is 32.4 Å². The zero-order valence-electron chi connectivity index (χ0n) is 21.3. The molecule has 5 rings (SSSR count). The fourth-order valence-electron chi connectivity index (χ4n) is 5.10. The summed E-state index contributed by atoms with van der Waals surface area (Å²) in [6.45, 7) is 4.38. The number of rotatable bonds is 7. The molecule has 6 nitrogen and oxygen atoms in total. The van der Waals surface area contributed by atoms with Gasteiger partial charge in [-0.1, -0.05) is 41.4 Å². The molecular weight excluding hydrogens is 556 g/mol. The summed E-state index contributed by atoms with van der Waals surface area (Å²) in [4.78, 5) is 19.4. The van der Waals surface area contributed by atoms with Crippen LogP contribution in [0.5, 0.6) is 0 Å². The lowest BCUT2D eigenvalue weighted by Crippen LogP contribution is -2.33. The van der Waals surface area contributed by atoms with E-state index in [0.29, 0.717) is 21.7 Å². The van der Waals surface area contributed by atoms with Crippen molar-refractivity contribution in [2.24, 2.45) is 0 Å². The second-order valence-electron chi connectivity index (χ2n) is 9.36. The number of para-hydroxylation sites is 1. The first-order chi connectivity index (χ1) is 18.7. The molecule has 0 saturated carbocycles. The van der Waals surface area contributed by atoms with Gasteiger partial charge < -0.3 is 20.1 Å². The Morgan fingerprint density at radius 2 is 1.87 bits per heavy atom. The smallest absolute Gasteiger partial charge is 0.226 e. The summed E-state index contributed by atoms with van der Waals surface area (Å²) < 4.78 is 16.2. The lowest BCUT2D eigenvalue weighted by atomic mass is 9.96. The number of nitrogens with one attached hydrogen (secondary N) is 2. The fourth-order valence-corrected chi connectivity index (χ4v) is 5.93. The molecule has 0 spiro atoms. The highest BCUT2D eigenvalue weighted by Gasteiger charge is 2.41. The average molecular weight is 583 g/mol. The predicted octanol–water partition coefficient (Wildman–Crippen LogP) is 6.94. The summed E-state index contributed by atoms with van der Waals surface area (Å²) in [6, 6.07) is 18.9. The number of carbonyl (C=O) groups excluding carboxylic acids is 1. The first kappa shape index (κ1) is 27.1. The maximum atomic E-state index is 14.1. The van der Waals surface area contributed by atoms with E-state index in [0.717, 1.165) is 28.3 Å². The Labute approximate surface area is 241 Å². The van der Waals surface area contributed by atoms with Crippen LogP contribution >= 0.6 is 35.4 Å². The maximum Gasteiger partial charge on any atom is 0.226 e. The molecule has 4 aromatic rings. The highest BCUT2D eigenvalue weighted by molar-refractivity contribution is 7.80. The summed E-state index contributed by atoms with van der Waals surface area (Å²) in [5.74, 6) is -0.785. The van der Waals surface area contributed by atoms with E-state index in [-0.39, 0.29) is 30.1 Å². The molecule has 0 unspecified atom stereocenters. The van der Waals surface area contributed by atoms with Crippen LogP contribution in [0.2, 0.25) is 10.0 Å². The Bertz CT molecular complexity index is 1540. The van der Waals surface area contributed by atoms with Crippen molar-refractivity contribution in [2.75, 3.05) is 11.9 Å². The first-order valence-electron chi connectivity index (χ1n) is 12.4.